The van der Waals surface area contributed by atoms with Gasteiger partial charge in [0.25, 0.3) is 0 Å². The van der Waals surface area contributed by atoms with Crippen LogP contribution in [-0.2, 0) is 0 Å². The van der Waals surface area contributed by atoms with Crippen LogP contribution < -0.4 is 5.32 Å². The molecule has 1 aliphatic rings. The normalized spacial score (nSPS) is 24.9. The maximum atomic E-state index is 6.19. The summed E-state index contributed by atoms with van der Waals surface area (Å²) in [5.74, 6) is 0.656. The van der Waals surface area contributed by atoms with Crippen LogP contribution in [-0.4, -0.2) is 31.1 Å². The lowest BCUT2D eigenvalue weighted by Crippen LogP contribution is -2.37. The van der Waals surface area contributed by atoms with Crippen molar-refractivity contribution in [3.05, 3.63) is 34.9 Å². The van der Waals surface area contributed by atoms with Gasteiger partial charge < -0.3 is 5.32 Å². The highest BCUT2D eigenvalue weighted by Crippen LogP contribution is 2.34. The number of halogens is 1. The molecule has 2 unspecified atom stereocenters. The molecule has 1 saturated heterocycles. The van der Waals surface area contributed by atoms with Crippen LogP contribution in [0.1, 0.15) is 44.7 Å². The summed E-state index contributed by atoms with van der Waals surface area (Å²) in [7, 11) is 2.25. The first kappa shape index (κ1) is 15.8. The smallest absolute Gasteiger partial charge is 0.0409 e. The Morgan fingerprint density at radius 1 is 1.35 bits per heavy atom. The average molecular weight is 295 g/mol. The molecular weight excluding hydrogens is 268 g/mol. The zero-order chi connectivity index (χ0) is 14.5. The second kappa shape index (κ2) is 7.44. The molecule has 3 heteroatoms. The van der Waals surface area contributed by atoms with Gasteiger partial charge in [-0.3, -0.25) is 4.90 Å². The molecule has 1 aliphatic heterocycles. The fraction of sp³-hybridized carbons (Fsp3) is 0.647. The summed E-state index contributed by atoms with van der Waals surface area (Å²) in [5, 5.41) is 4.46. The van der Waals surface area contributed by atoms with Gasteiger partial charge in [-0.15, -0.1) is 0 Å². The first-order valence-electron chi connectivity index (χ1n) is 7.77. The van der Waals surface area contributed by atoms with Crippen molar-refractivity contribution in [3.8, 4) is 0 Å². The first-order chi connectivity index (χ1) is 9.58. The van der Waals surface area contributed by atoms with Crippen LogP contribution >= 0.6 is 11.6 Å². The predicted molar refractivity (Wildman–Crippen MR) is 87.3 cm³/mol. The van der Waals surface area contributed by atoms with Gasteiger partial charge in [0.05, 0.1) is 0 Å². The second-order valence-electron chi connectivity index (χ2n) is 6.30. The van der Waals surface area contributed by atoms with Crippen molar-refractivity contribution in [2.75, 3.05) is 20.1 Å². The number of hydrogen-bond donors (Lipinski definition) is 1. The van der Waals surface area contributed by atoms with Crippen LogP contribution in [0.5, 0.6) is 0 Å². The van der Waals surface area contributed by atoms with Gasteiger partial charge in [-0.2, -0.15) is 0 Å². The molecule has 1 aromatic rings. The lowest BCUT2D eigenvalue weighted by Gasteiger charge is -2.33. The summed E-state index contributed by atoms with van der Waals surface area (Å²) < 4.78 is 0. The molecule has 0 aromatic heterocycles. The van der Waals surface area contributed by atoms with E-state index in [4.69, 9.17) is 11.6 Å². The van der Waals surface area contributed by atoms with E-state index >= 15 is 0 Å². The molecule has 2 atom stereocenters. The van der Waals surface area contributed by atoms with Crippen LogP contribution in [0.25, 0.3) is 0 Å². The van der Waals surface area contributed by atoms with Gasteiger partial charge in [-0.1, -0.05) is 44.0 Å². The fourth-order valence-electron chi connectivity index (χ4n) is 3.24. The van der Waals surface area contributed by atoms with E-state index < -0.39 is 0 Å². The largest absolute Gasteiger partial charge is 0.314 e. The predicted octanol–water partition coefficient (Wildman–Crippen LogP) is 4.11. The maximum absolute atomic E-state index is 6.19. The molecule has 0 bridgehead atoms. The Morgan fingerprint density at radius 3 is 2.85 bits per heavy atom. The zero-order valence-electron chi connectivity index (χ0n) is 12.9. The highest BCUT2D eigenvalue weighted by Gasteiger charge is 2.28. The van der Waals surface area contributed by atoms with E-state index in [0.29, 0.717) is 18.0 Å². The highest BCUT2D eigenvalue weighted by molar-refractivity contribution is 6.30. The third-order valence-corrected chi connectivity index (χ3v) is 4.47. The topological polar surface area (TPSA) is 15.3 Å². The Kier molecular flexibility index (Phi) is 5.88. The van der Waals surface area contributed by atoms with Crippen LogP contribution in [0.4, 0.5) is 0 Å². The standard InChI is InChI=1S/C17H27ClN2/c1-13(2)19-12-15-7-4-5-10-20(3)17(15)14-8-6-9-16(18)11-14/h6,8-9,11,13,15,17,19H,4-5,7,10,12H2,1-3H3. The van der Waals surface area contributed by atoms with Crippen LogP contribution in [0.15, 0.2) is 24.3 Å². The van der Waals surface area contributed by atoms with Gasteiger partial charge in [-0.05, 0) is 50.0 Å². The average Bonchev–Trinajstić information content (AvgIpc) is 2.58. The molecule has 2 nitrogen and oxygen atoms in total. The van der Waals surface area contributed by atoms with E-state index in [1.54, 1.807) is 0 Å². The lowest BCUT2D eigenvalue weighted by atomic mass is 9.89. The van der Waals surface area contributed by atoms with Crippen molar-refractivity contribution in [1.29, 1.82) is 0 Å². The molecule has 0 radical (unpaired) electrons. The summed E-state index contributed by atoms with van der Waals surface area (Å²) >= 11 is 6.19. The molecule has 1 heterocycles. The third kappa shape index (κ3) is 4.21. The van der Waals surface area contributed by atoms with E-state index in [0.717, 1.165) is 11.6 Å². The SMILES string of the molecule is CC(C)NCC1CCCCN(C)C1c1cccc(Cl)c1. The van der Waals surface area contributed by atoms with E-state index in [1.165, 1.54) is 31.4 Å². The minimum absolute atomic E-state index is 0.474. The Labute approximate surface area is 128 Å². The quantitative estimate of drug-likeness (QED) is 0.899. The van der Waals surface area contributed by atoms with Gasteiger partial charge in [0, 0.05) is 23.7 Å². The van der Waals surface area contributed by atoms with Crippen molar-refractivity contribution in [2.45, 2.75) is 45.2 Å². The van der Waals surface area contributed by atoms with Gasteiger partial charge >= 0.3 is 0 Å². The highest BCUT2D eigenvalue weighted by atomic mass is 35.5. The molecule has 0 amide bonds. The molecule has 1 aromatic carbocycles. The van der Waals surface area contributed by atoms with Crippen molar-refractivity contribution in [3.63, 3.8) is 0 Å². The molecule has 1 fully saturated rings. The minimum Gasteiger partial charge on any atom is -0.314 e. The van der Waals surface area contributed by atoms with E-state index in [-0.39, 0.29) is 0 Å². The van der Waals surface area contributed by atoms with Crippen molar-refractivity contribution in [2.24, 2.45) is 5.92 Å². The Hall–Kier alpha value is -0.570. The summed E-state index contributed by atoms with van der Waals surface area (Å²) in [6.07, 6.45) is 3.92. The number of nitrogens with one attached hydrogen (secondary N) is 1. The molecular formula is C17H27ClN2. The molecule has 2 rings (SSSR count). The van der Waals surface area contributed by atoms with E-state index in [1.807, 2.05) is 6.07 Å². The van der Waals surface area contributed by atoms with E-state index in [9.17, 15) is 0 Å². The summed E-state index contributed by atoms with van der Waals surface area (Å²) in [4.78, 5) is 2.51. The number of hydrogen-bond acceptors (Lipinski definition) is 2. The maximum Gasteiger partial charge on any atom is 0.0409 e. The van der Waals surface area contributed by atoms with Gasteiger partial charge in [0.2, 0.25) is 0 Å². The van der Waals surface area contributed by atoms with Crippen LogP contribution in [0.3, 0.4) is 0 Å². The summed E-state index contributed by atoms with van der Waals surface area (Å²) in [6.45, 7) is 6.69. The number of likely N-dealkylation sites (tertiary alicyclic amines) is 1. The molecule has 0 saturated carbocycles. The molecule has 0 aliphatic carbocycles. The van der Waals surface area contributed by atoms with Crippen molar-refractivity contribution in [1.82, 2.24) is 10.2 Å². The molecule has 0 spiro atoms. The molecule has 20 heavy (non-hydrogen) atoms. The lowest BCUT2D eigenvalue weighted by molar-refractivity contribution is 0.187. The minimum atomic E-state index is 0.474. The van der Waals surface area contributed by atoms with Gasteiger partial charge in [-0.25, -0.2) is 0 Å². The van der Waals surface area contributed by atoms with Crippen molar-refractivity contribution >= 4 is 11.6 Å². The number of benzene rings is 1. The Morgan fingerprint density at radius 2 is 2.15 bits per heavy atom. The van der Waals surface area contributed by atoms with Crippen LogP contribution in [0, 0.1) is 5.92 Å². The second-order valence-corrected chi connectivity index (χ2v) is 6.74. The monoisotopic (exact) mass is 294 g/mol. The van der Waals surface area contributed by atoms with Gasteiger partial charge in [0.15, 0.2) is 0 Å². The summed E-state index contributed by atoms with van der Waals surface area (Å²) in [5.41, 5.74) is 1.36. The summed E-state index contributed by atoms with van der Waals surface area (Å²) in [6, 6.07) is 9.41. The number of rotatable bonds is 4. The Bertz CT molecular complexity index is 419. The van der Waals surface area contributed by atoms with E-state index in [2.05, 4.69) is 49.3 Å². The first-order valence-corrected chi connectivity index (χ1v) is 8.15. The Balaban J connectivity index is 2.21. The zero-order valence-corrected chi connectivity index (χ0v) is 13.7. The van der Waals surface area contributed by atoms with Crippen LogP contribution in [0.2, 0.25) is 5.02 Å². The molecule has 1 N–H and O–H groups in total. The molecule has 112 valence electrons. The van der Waals surface area contributed by atoms with Gasteiger partial charge in [0.1, 0.15) is 0 Å². The third-order valence-electron chi connectivity index (χ3n) is 4.24. The van der Waals surface area contributed by atoms with Crippen molar-refractivity contribution < 1.29 is 0 Å². The fourth-order valence-corrected chi connectivity index (χ4v) is 3.44. The number of nitrogens with zero attached hydrogens (tertiary/aromatic N) is 1.